The van der Waals surface area contributed by atoms with Crippen molar-refractivity contribution in [2.75, 3.05) is 19.6 Å². The van der Waals surface area contributed by atoms with Gasteiger partial charge in [-0.1, -0.05) is 33.6 Å². The molecule has 1 saturated heterocycles. The molecule has 1 fully saturated rings. The van der Waals surface area contributed by atoms with Crippen LogP contribution in [-0.4, -0.2) is 35.6 Å². The Kier molecular flexibility index (Phi) is 5.44. The summed E-state index contributed by atoms with van der Waals surface area (Å²) in [6.07, 6.45) is 4.84. The lowest BCUT2D eigenvalue weighted by Crippen LogP contribution is -2.48. The lowest BCUT2D eigenvalue weighted by Gasteiger charge is -2.40. The van der Waals surface area contributed by atoms with Crippen LogP contribution in [0.25, 0.3) is 0 Å². The first-order valence-electron chi connectivity index (χ1n) is 7.00. The van der Waals surface area contributed by atoms with Crippen LogP contribution in [0.15, 0.2) is 0 Å². The van der Waals surface area contributed by atoms with E-state index in [1.165, 1.54) is 6.42 Å². The van der Waals surface area contributed by atoms with Crippen molar-refractivity contribution in [3.63, 3.8) is 0 Å². The average molecular weight is 241 g/mol. The van der Waals surface area contributed by atoms with Crippen LogP contribution >= 0.6 is 0 Å². The lowest BCUT2D eigenvalue weighted by atomic mass is 9.76. The predicted molar refractivity (Wildman–Crippen MR) is 70.1 cm³/mol. The van der Waals surface area contributed by atoms with Gasteiger partial charge in [0.2, 0.25) is 0 Å². The third-order valence-corrected chi connectivity index (χ3v) is 4.10. The molecular formula is C14H27NO2. The van der Waals surface area contributed by atoms with Crippen molar-refractivity contribution in [3.8, 4) is 0 Å². The van der Waals surface area contributed by atoms with Crippen LogP contribution < -0.4 is 0 Å². The summed E-state index contributed by atoms with van der Waals surface area (Å²) >= 11 is 0. The number of piperidine rings is 1. The van der Waals surface area contributed by atoms with Crippen molar-refractivity contribution in [3.05, 3.63) is 0 Å². The highest BCUT2D eigenvalue weighted by atomic mass is 16.4. The number of carbonyl (C=O) groups is 1. The molecular weight excluding hydrogens is 214 g/mol. The van der Waals surface area contributed by atoms with Gasteiger partial charge in [0.15, 0.2) is 0 Å². The number of nitrogens with zero attached hydrogens (tertiary/aromatic N) is 1. The molecule has 3 heteroatoms. The van der Waals surface area contributed by atoms with Crippen LogP contribution in [0, 0.1) is 11.3 Å². The van der Waals surface area contributed by atoms with Gasteiger partial charge in [0.1, 0.15) is 0 Å². The molecule has 1 heterocycles. The summed E-state index contributed by atoms with van der Waals surface area (Å²) in [6.45, 7) is 9.40. The summed E-state index contributed by atoms with van der Waals surface area (Å²) in [4.78, 5) is 13.9. The molecule has 3 nitrogen and oxygen atoms in total. The molecule has 2 unspecified atom stereocenters. The molecule has 2 atom stereocenters. The van der Waals surface area contributed by atoms with E-state index in [-0.39, 0.29) is 0 Å². The summed E-state index contributed by atoms with van der Waals surface area (Å²) < 4.78 is 0. The highest BCUT2D eigenvalue weighted by Crippen LogP contribution is 2.35. The molecule has 0 aromatic carbocycles. The van der Waals surface area contributed by atoms with E-state index in [1.54, 1.807) is 0 Å². The zero-order valence-electron chi connectivity index (χ0n) is 11.5. The van der Waals surface area contributed by atoms with Crippen LogP contribution in [0.5, 0.6) is 0 Å². The van der Waals surface area contributed by atoms with Gasteiger partial charge in [0.05, 0.1) is 5.41 Å². The molecule has 1 N–H and O–H groups in total. The van der Waals surface area contributed by atoms with Crippen molar-refractivity contribution in [2.45, 2.75) is 52.9 Å². The third-order valence-electron chi connectivity index (χ3n) is 4.10. The summed E-state index contributed by atoms with van der Waals surface area (Å²) in [5, 5.41) is 9.50. The van der Waals surface area contributed by atoms with Gasteiger partial charge in [0.25, 0.3) is 0 Å². The second-order valence-corrected chi connectivity index (χ2v) is 5.69. The van der Waals surface area contributed by atoms with E-state index < -0.39 is 11.4 Å². The Hall–Kier alpha value is -0.570. The van der Waals surface area contributed by atoms with Gasteiger partial charge in [-0.3, -0.25) is 4.79 Å². The molecule has 1 aliphatic rings. The topological polar surface area (TPSA) is 40.5 Å². The first-order valence-corrected chi connectivity index (χ1v) is 7.00. The highest BCUT2D eigenvalue weighted by molar-refractivity contribution is 5.75. The van der Waals surface area contributed by atoms with E-state index in [9.17, 15) is 9.90 Å². The van der Waals surface area contributed by atoms with E-state index in [4.69, 9.17) is 0 Å². The molecule has 0 radical (unpaired) electrons. The van der Waals surface area contributed by atoms with Crippen LogP contribution in [0.1, 0.15) is 52.9 Å². The van der Waals surface area contributed by atoms with Crippen LogP contribution in [0.4, 0.5) is 0 Å². The zero-order valence-corrected chi connectivity index (χ0v) is 11.5. The van der Waals surface area contributed by atoms with E-state index in [1.807, 2.05) is 0 Å². The molecule has 0 bridgehead atoms. The molecule has 0 amide bonds. The fourth-order valence-electron chi connectivity index (χ4n) is 2.92. The Morgan fingerprint density at radius 2 is 2.18 bits per heavy atom. The maximum Gasteiger partial charge on any atom is 0.310 e. The molecule has 0 aromatic rings. The third kappa shape index (κ3) is 3.70. The van der Waals surface area contributed by atoms with Gasteiger partial charge in [-0.15, -0.1) is 0 Å². The standard InChI is InChI=1S/C14H27NO2/c1-4-7-14(13(16)17)8-6-9-15(11-14)10-12(3)5-2/h12H,4-11H2,1-3H3,(H,16,17). The summed E-state index contributed by atoms with van der Waals surface area (Å²) in [5.41, 5.74) is -0.472. The van der Waals surface area contributed by atoms with Gasteiger partial charge in [-0.2, -0.15) is 0 Å². The smallest absolute Gasteiger partial charge is 0.310 e. The van der Waals surface area contributed by atoms with Crippen molar-refractivity contribution in [1.82, 2.24) is 4.90 Å². The fraction of sp³-hybridized carbons (Fsp3) is 0.929. The number of carboxylic acid groups (broad SMARTS) is 1. The quantitative estimate of drug-likeness (QED) is 0.777. The van der Waals surface area contributed by atoms with E-state index in [0.717, 1.165) is 45.3 Å². The number of hydrogen-bond acceptors (Lipinski definition) is 2. The van der Waals surface area contributed by atoms with Gasteiger partial charge < -0.3 is 10.0 Å². The number of carboxylic acids is 1. The van der Waals surface area contributed by atoms with Gasteiger partial charge >= 0.3 is 5.97 Å². The van der Waals surface area contributed by atoms with E-state index >= 15 is 0 Å². The average Bonchev–Trinajstić information content (AvgIpc) is 2.29. The van der Waals surface area contributed by atoms with Gasteiger partial charge in [-0.25, -0.2) is 0 Å². The fourth-order valence-corrected chi connectivity index (χ4v) is 2.92. The molecule has 17 heavy (non-hydrogen) atoms. The monoisotopic (exact) mass is 241 g/mol. The van der Waals surface area contributed by atoms with Gasteiger partial charge in [0, 0.05) is 13.1 Å². The largest absolute Gasteiger partial charge is 0.481 e. The second-order valence-electron chi connectivity index (χ2n) is 5.69. The molecule has 0 aliphatic carbocycles. The maximum absolute atomic E-state index is 11.5. The maximum atomic E-state index is 11.5. The summed E-state index contributed by atoms with van der Waals surface area (Å²) in [5.74, 6) is 0.0782. The number of likely N-dealkylation sites (tertiary alicyclic amines) is 1. The van der Waals surface area contributed by atoms with E-state index in [0.29, 0.717) is 5.92 Å². The van der Waals surface area contributed by atoms with Crippen LogP contribution in [0.3, 0.4) is 0 Å². The van der Waals surface area contributed by atoms with Crippen LogP contribution in [0.2, 0.25) is 0 Å². The Labute approximate surface area is 105 Å². The SMILES string of the molecule is CCCC1(C(=O)O)CCCN(CC(C)CC)C1. The van der Waals surface area contributed by atoms with E-state index in [2.05, 4.69) is 25.7 Å². The van der Waals surface area contributed by atoms with Crippen LogP contribution in [-0.2, 0) is 4.79 Å². The Morgan fingerprint density at radius 1 is 1.47 bits per heavy atom. The Bertz CT molecular complexity index is 251. The predicted octanol–water partition coefficient (Wildman–Crippen LogP) is 3.00. The first-order chi connectivity index (χ1) is 8.04. The lowest BCUT2D eigenvalue weighted by molar-refractivity contribution is -0.153. The zero-order chi connectivity index (χ0) is 12.9. The van der Waals surface area contributed by atoms with Crippen molar-refractivity contribution >= 4 is 5.97 Å². The normalized spacial score (nSPS) is 27.9. The minimum absolute atomic E-state index is 0.472. The molecule has 0 saturated carbocycles. The minimum atomic E-state index is -0.590. The van der Waals surface area contributed by atoms with Gasteiger partial charge in [-0.05, 0) is 31.7 Å². The summed E-state index contributed by atoms with van der Waals surface area (Å²) in [6, 6.07) is 0. The van der Waals surface area contributed by atoms with Crippen molar-refractivity contribution in [2.24, 2.45) is 11.3 Å². The number of hydrogen-bond donors (Lipinski definition) is 1. The van der Waals surface area contributed by atoms with Crippen molar-refractivity contribution < 1.29 is 9.90 Å². The molecule has 1 rings (SSSR count). The Morgan fingerprint density at radius 3 is 2.71 bits per heavy atom. The molecule has 0 spiro atoms. The Balaban J connectivity index is 2.64. The minimum Gasteiger partial charge on any atom is -0.481 e. The number of rotatable bonds is 6. The molecule has 100 valence electrons. The molecule has 0 aromatic heterocycles. The highest BCUT2D eigenvalue weighted by Gasteiger charge is 2.41. The van der Waals surface area contributed by atoms with Crippen molar-refractivity contribution in [1.29, 1.82) is 0 Å². The molecule has 1 aliphatic heterocycles. The number of aliphatic carboxylic acids is 1. The first kappa shape index (κ1) is 14.5. The summed E-state index contributed by atoms with van der Waals surface area (Å²) in [7, 11) is 0. The second kappa shape index (κ2) is 6.39.